The van der Waals surface area contributed by atoms with Gasteiger partial charge in [-0.2, -0.15) is 0 Å². The number of ether oxygens (including phenoxy) is 1. The fourth-order valence-corrected chi connectivity index (χ4v) is 8.27. The lowest BCUT2D eigenvalue weighted by molar-refractivity contribution is -0.143. The van der Waals surface area contributed by atoms with Crippen LogP contribution in [-0.4, -0.2) is 47.4 Å². The summed E-state index contributed by atoms with van der Waals surface area (Å²) in [5.41, 5.74) is 0. The molecule has 2 atom stereocenters. The van der Waals surface area contributed by atoms with Gasteiger partial charge in [-0.05, 0) is 57.8 Å². The number of rotatable bonds is 50. The van der Waals surface area contributed by atoms with E-state index >= 15 is 0 Å². The monoisotopic (exact) mass is 860 g/mol. The number of nitrogens with one attached hydrogen (secondary N) is 1. The van der Waals surface area contributed by atoms with Crippen molar-refractivity contribution in [1.82, 2.24) is 5.32 Å². The number of esters is 1. The van der Waals surface area contributed by atoms with E-state index in [2.05, 4.69) is 31.3 Å². The molecule has 61 heavy (non-hydrogen) atoms. The van der Waals surface area contributed by atoms with Crippen LogP contribution in [0.1, 0.15) is 290 Å². The number of aliphatic hydroxyl groups is 2. The van der Waals surface area contributed by atoms with E-state index in [0.717, 1.165) is 44.9 Å². The SMILES string of the molecule is CCCCCCCCC/C=C\CCCCCCCCCC(=O)OCCCCCCCCCCCCCCCCCCCC(=O)NC(CO)C(O)/C=C/CCCCCCCCC. The average molecular weight is 860 g/mol. The van der Waals surface area contributed by atoms with Crippen molar-refractivity contribution in [2.45, 2.75) is 302 Å². The highest BCUT2D eigenvalue weighted by Crippen LogP contribution is 2.16. The number of carbonyl (C=O) groups is 2. The van der Waals surface area contributed by atoms with E-state index in [-0.39, 0.29) is 18.5 Å². The van der Waals surface area contributed by atoms with Crippen molar-refractivity contribution >= 4 is 11.9 Å². The van der Waals surface area contributed by atoms with Gasteiger partial charge in [-0.1, -0.05) is 244 Å². The summed E-state index contributed by atoms with van der Waals surface area (Å²) in [5, 5.41) is 22.9. The molecule has 3 N–H and O–H groups in total. The third kappa shape index (κ3) is 47.7. The topological polar surface area (TPSA) is 95.9 Å². The molecule has 2 unspecified atom stereocenters. The molecule has 1 amide bonds. The van der Waals surface area contributed by atoms with Crippen LogP contribution in [0.5, 0.6) is 0 Å². The summed E-state index contributed by atoms with van der Waals surface area (Å²) in [7, 11) is 0. The quantitative estimate of drug-likeness (QED) is 0.0322. The van der Waals surface area contributed by atoms with Crippen molar-refractivity contribution in [2.75, 3.05) is 13.2 Å². The molecule has 0 aliphatic heterocycles. The maximum atomic E-state index is 12.4. The Morgan fingerprint density at radius 1 is 0.443 bits per heavy atom. The van der Waals surface area contributed by atoms with Crippen LogP contribution >= 0.6 is 0 Å². The van der Waals surface area contributed by atoms with Crippen LogP contribution in [0, 0.1) is 0 Å². The zero-order chi connectivity index (χ0) is 44.4. The standard InChI is InChI=1S/C55H105NO5/c1-3-5-7-9-11-13-14-15-16-17-20-23-26-29-33-37-41-45-49-55(60)61-50-46-42-38-34-30-27-24-21-18-19-22-25-28-32-36-40-44-48-54(59)56-52(51-57)53(58)47-43-39-35-31-12-10-8-6-4-2/h16-17,43,47,52-53,57-58H,3-15,18-42,44-46,48-51H2,1-2H3,(H,56,59)/b17-16-,47-43+. The predicted octanol–water partition coefficient (Wildman–Crippen LogP) is 16.3. The number of amides is 1. The first-order valence-electron chi connectivity index (χ1n) is 27.1. The number of allylic oxidation sites excluding steroid dienone is 3. The molecule has 360 valence electrons. The molecule has 0 aromatic heterocycles. The fraction of sp³-hybridized carbons (Fsp3) is 0.891. The van der Waals surface area contributed by atoms with Gasteiger partial charge in [0, 0.05) is 12.8 Å². The zero-order valence-electron chi connectivity index (χ0n) is 40.9. The van der Waals surface area contributed by atoms with Crippen molar-refractivity contribution < 1.29 is 24.5 Å². The van der Waals surface area contributed by atoms with Crippen LogP contribution in [0.3, 0.4) is 0 Å². The molecule has 0 aromatic carbocycles. The van der Waals surface area contributed by atoms with Gasteiger partial charge in [-0.25, -0.2) is 0 Å². The normalized spacial score (nSPS) is 12.8. The molecule has 0 fully saturated rings. The van der Waals surface area contributed by atoms with Gasteiger partial charge < -0.3 is 20.3 Å². The van der Waals surface area contributed by atoms with Crippen LogP contribution in [-0.2, 0) is 14.3 Å². The summed E-state index contributed by atoms with van der Waals surface area (Å²) in [6, 6.07) is -0.629. The summed E-state index contributed by atoms with van der Waals surface area (Å²) in [4.78, 5) is 24.4. The van der Waals surface area contributed by atoms with Gasteiger partial charge in [0.1, 0.15) is 0 Å². The average Bonchev–Trinajstić information content (AvgIpc) is 3.26. The summed E-state index contributed by atoms with van der Waals surface area (Å²) < 4.78 is 5.48. The number of unbranched alkanes of at least 4 members (excludes halogenated alkanes) is 37. The molecule has 0 bridgehead atoms. The first-order valence-corrected chi connectivity index (χ1v) is 27.1. The molecule has 0 aliphatic carbocycles. The van der Waals surface area contributed by atoms with Gasteiger partial charge in [0.15, 0.2) is 0 Å². The second-order valence-corrected chi connectivity index (χ2v) is 18.6. The Hall–Kier alpha value is -1.66. The van der Waals surface area contributed by atoms with E-state index in [0.29, 0.717) is 19.4 Å². The third-order valence-electron chi connectivity index (χ3n) is 12.5. The minimum absolute atomic E-state index is 0.00113. The van der Waals surface area contributed by atoms with Gasteiger partial charge in [0.05, 0.1) is 25.4 Å². The number of aliphatic hydroxyl groups excluding tert-OH is 2. The van der Waals surface area contributed by atoms with Gasteiger partial charge >= 0.3 is 5.97 Å². The molecule has 0 saturated carbocycles. The second kappa shape index (κ2) is 51.0. The van der Waals surface area contributed by atoms with Crippen LogP contribution in [0.25, 0.3) is 0 Å². The van der Waals surface area contributed by atoms with E-state index in [9.17, 15) is 19.8 Å². The van der Waals surface area contributed by atoms with Gasteiger partial charge in [0.25, 0.3) is 0 Å². The first kappa shape index (κ1) is 59.3. The van der Waals surface area contributed by atoms with Crippen LogP contribution in [0.15, 0.2) is 24.3 Å². The van der Waals surface area contributed by atoms with Crippen molar-refractivity contribution in [3.8, 4) is 0 Å². The maximum Gasteiger partial charge on any atom is 0.305 e. The highest BCUT2D eigenvalue weighted by Gasteiger charge is 2.18. The Labute approximate surface area is 380 Å². The van der Waals surface area contributed by atoms with Crippen LogP contribution < -0.4 is 5.32 Å². The van der Waals surface area contributed by atoms with E-state index in [1.165, 1.54) is 218 Å². The molecule has 0 rings (SSSR count). The van der Waals surface area contributed by atoms with E-state index in [1.54, 1.807) is 6.08 Å². The fourth-order valence-electron chi connectivity index (χ4n) is 8.27. The Morgan fingerprint density at radius 3 is 1.16 bits per heavy atom. The Balaban J connectivity index is 3.39. The molecule has 0 spiro atoms. The molecule has 6 heteroatoms. The van der Waals surface area contributed by atoms with E-state index < -0.39 is 12.1 Å². The Kier molecular flexibility index (Phi) is 49.6. The number of hydrogen-bond acceptors (Lipinski definition) is 5. The van der Waals surface area contributed by atoms with Crippen molar-refractivity contribution in [3.05, 3.63) is 24.3 Å². The number of carbonyl (C=O) groups excluding carboxylic acids is 2. The summed E-state index contributed by atoms with van der Waals surface area (Å²) in [6.07, 6.45) is 60.5. The zero-order valence-corrected chi connectivity index (χ0v) is 40.9. The highest BCUT2D eigenvalue weighted by atomic mass is 16.5. The predicted molar refractivity (Wildman–Crippen MR) is 264 cm³/mol. The summed E-state index contributed by atoms with van der Waals surface area (Å²) >= 11 is 0. The molecule has 6 nitrogen and oxygen atoms in total. The Morgan fingerprint density at radius 2 is 0.770 bits per heavy atom. The van der Waals surface area contributed by atoms with E-state index in [4.69, 9.17) is 4.74 Å². The lowest BCUT2D eigenvalue weighted by Crippen LogP contribution is -2.45. The molecule has 0 heterocycles. The third-order valence-corrected chi connectivity index (χ3v) is 12.5. The van der Waals surface area contributed by atoms with E-state index in [1.807, 2.05) is 6.08 Å². The highest BCUT2D eigenvalue weighted by molar-refractivity contribution is 5.76. The van der Waals surface area contributed by atoms with Crippen LogP contribution in [0.2, 0.25) is 0 Å². The minimum Gasteiger partial charge on any atom is -0.466 e. The number of hydrogen-bond donors (Lipinski definition) is 3. The van der Waals surface area contributed by atoms with Crippen molar-refractivity contribution in [2.24, 2.45) is 0 Å². The second-order valence-electron chi connectivity index (χ2n) is 18.6. The van der Waals surface area contributed by atoms with Crippen LogP contribution in [0.4, 0.5) is 0 Å². The molecular weight excluding hydrogens is 755 g/mol. The first-order chi connectivity index (χ1) is 30.0. The maximum absolute atomic E-state index is 12.4. The smallest absolute Gasteiger partial charge is 0.305 e. The molecular formula is C55H105NO5. The molecule has 0 saturated heterocycles. The van der Waals surface area contributed by atoms with Gasteiger partial charge in [-0.3, -0.25) is 9.59 Å². The molecule has 0 aliphatic rings. The molecule has 0 radical (unpaired) electrons. The van der Waals surface area contributed by atoms with Crippen molar-refractivity contribution in [1.29, 1.82) is 0 Å². The van der Waals surface area contributed by atoms with Gasteiger partial charge in [-0.15, -0.1) is 0 Å². The summed E-state index contributed by atoms with van der Waals surface area (Å²) in [5.74, 6) is -0.0748. The minimum atomic E-state index is -0.845. The van der Waals surface area contributed by atoms with Gasteiger partial charge in [0.2, 0.25) is 5.91 Å². The lowest BCUT2D eigenvalue weighted by Gasteiger charge is -2.20. The van der Waals surface area contributed by atoms with Crippen molar-refractivity contribution in [3.63, 3.8) is 0 Å². The Bertz CT molecular complexity index is 951. The lowest BCUT2D eigenvalue weighted by atomic mass is 10.0. The largest absolute Gasteiger partial charge is 0.466 e. The molecule has 0 aromatic rings. The summed E-state index contributed by atoms with van der Waals surface area (Å²) in [6.45, 7) is 4.86.